The van der Waals surface area contributed by atoms with Crippen LogP contribution >= 0.6 is 34.3 Å². The van der Waals surface area contributed by atoms with Crippen LogP contribution in [0.15, 0.2) is 36.4 Å². The van der Waals surface area contributed by atoms with Crippen molar-refractivity contribution >= 4 is 55.5 Å². The van der Waals surface area contributed by atoms with Crippen molar-refractivity contribution in [2.75, 3.05) is 32.1 Å². The molecule has 23 heavy (non-hydrogen) atoms. The molecule has 4 nitrogen and oxygen atoms in total. The molecule has 0 bridgehead atoms. The summed E-state index contributed by atoms with van der Waals surface area (Å²) in [6.45, 7) is 1.35. The number of rotatable bonds is 5. The van der Waals surface area contributed by atoms with Gasteiger partial charge in [0.25, 0.3) is 5.91 Å². The first-order valence-electron chi connectivity index (χ1n) is 7.12. The summed E-state index contributed by atoms with van der Waals surface area (Å²) in [5.41, 5.74) is 0.916. The van der Waals surface area contributed by atoms with Crippen LogP contribution in [0.1, 0.15) is 9.67 Å². The van der Waals surface area contributed by atoms with Gasteiger partial charge in [-0.3, -0.25) is 9.69 Å². The number of para-hydroxylation sites is 1. The van der Waals surface area contributed by atoms with Gasteiger partial charge < -0.3 is 4.90 Å². The SMILES string of the molecule is CN(C)CCN(C(=O)c1ccc(Cl)s1)c1nc2ccccc2s1. The fourth-order valence-corrected chi connectivity index (χ4v) is 4.10. The van der Waals surface area contributed by atoms with E-state index in [1.165, 1.54) is 22.7 Å². The summed E-state index contributed by atoms with van der Waals surface area (Å²) in [5, 5.41) is 0.725. The molecule has 0 atom stereocenters. The summed E-state index contributed by atoms with van der Waals surface area (Å²) in [5.74, 6) is -0.0530. The van der Waals surface area contributed by atoms with Crippen LogP contribution in [0.2, 0.25) is 4.34 Å². The van der Waals surface area contributed by atoms with Crippen LogP contribution in [0.25, 0.3) is 10.2 Å². The predicted octanol–water partition coefficient (Wildman–Crippen LogP) is 4.22. The highest BCUT2D eigenvalue weighted by molar-refractivity contribution is 7.22. The molecule has 0 aliphatic carbocycles. The van der Waals surface area contributed by atoms with Gasteiger partial charge in [-0.2, -0.15) is 0 Å². The molecule has 0 unspecified atom stereocenters. The summed E-state index contributed by atoms with van der Waals surface area (Å²) in [6, 6.07) is 11.4. The number of anilines is 1. The van der Waals surface area contributed by atoms with Crippen molar-refractivity contribution in [2.45, 2.75) is 0 Å². The van der Waals surface area contributed by atoms with E-state index in [1.54, 1.807) is 17.0 Å². The fourth-order valence-electron chi connectivity index (χ4n) is 2.12. The molecule has 0 aliphatic rings. The van der Waals surface area contributed by atoms with Gasteiger partial charge in [0.2, 0.25) is 0 Å². The Labute approximate surface area is 147 Å². The Kier molecular flexibility index (Phi) is 4.96. The van der Waals surface area contributed by atoms with Crippen molar-refractivity contribution in [3.05, 3.63) is 45.6 Å². The maximum absolute atomic E-state index is 12.9. The van der Waals surface area contributed by atoms with Gasteiger partial charge in [0.1, 0.15) is 0 Å². The van der Waals surface area contributed by atoms with Crippen LogP contribution in [-0.4, -0.2) is 43.0 Å². The van der Waals surface area contributed by atoms with Gasteiger partial charge in [-0.05, 0) is 38.4 Å². The van der Waals surface area contributed by atoms with Gasteiger partial charge in [0.05, 0.1) is 19.4 Å². The third kappa shape index (κ3) is 3.72. The minimum Gasteiger partial charge on any atom is -0.308 e. The van der Waals surface area contributed by atoms with Crippen LogP contribution in [0.3, 0.4) is 0 Å². The predicted molar refractivity (Wildman–Crippen MR) is 99.2 cm³/mol. The number of carbonyl (C=O) groups excluding carboxylic acids is 1. The van der Waals surface area contributed by atoms with Gasteiger partial charge in [-0.1, -0.05) is 35.1 Å². The lowest BCUT2D eigenvalue weighted by atomic mass is 10.3. The Morgan fingerprint density at radius 2 is 1.91 bits per heavy atom. The molecule has 0 aliphatic heterocycles. The zero-order valence-corrected chi connectivity index (χ0v) is 15.2. The van der Waals surface area contributed by atoms with Crippen LogP contribution in [0.4, 0.5) is 5.13 Å². The minimum absolute atomic E-state index is 0.0530. The van der Waals surface area contributed by atoms with Gasteiger partial charge in [-0.25, -0.2) is 4.98 Å². The summed E-state index contributed by atoms with van der Waals surface area (Å²) in [4.78, 5) is 21.9. The van der Waals surface area contributed by atoms with Gasteiger partial charge in [0.15, 0.2) is 5.13 Å². The molecule has 2 aromatic heterocycles. The number of thiazole rings is 1. The average molecular weight is 366 g/mol. The number of hydrogen-bond acceptors (Lipinski definition) is 5. The molecule has 0 saturated carbocycles. The second kappa shape index (κ2) is 6.97. The monoisotopic (exact) mass is 365 g/mol. The molecule has 0 saturated heterocycles. The number of fused-ring (bicyclic) bond motifs is 1. The molecule has 3 rings (SSSR count). The van der Waals surface area contributed by atoms with E-state index in [0.29, 0.717) is 15.8 Å². The lowest BCUT2D eigenvalue weighted by Crippen LogP contribution is -2.36. The number of aromatic nitrogens is 1. The number of halogens is 1. The van der Waals surface area contributed by atoms with E-state index >= 15 is 0 Å². The molecule has 2 heterocycles. The van der Waals surface area contributed by atoms with Gasteiger partial charge >= 0.3 is 0 Å². The highest BCUT2D eigenvalue weighted by Gasteiger charge is 2.22. The zero-order valence-electron chi connectivity index (χ0n) is 12.8. The highest BCUT2D eigenvalue weighted by atomic mass is 35.5. The lowest BCUT2D eigenvalue weighted by molar-refractivity contribution is 0.0989. The number of amides is 1. The van der Waals surface area contributed by atoms with Gasteiger partial charge in [0, 0.05) is 13.1 Å². The Morgan fingerprint density at radius 1 is 1.13 bits per heavy atom. The van der Waals surface area contributed by atoms with Gasteiger partial charge in [-0.15, -0.1) is 11.3 Å². The largest absolute Gasteiger partial charge is 0.308 e. The number of hydrogen-bond donors (Lipinski definition) is 0. The van der Waals surface area contributed by atoms with Crippen LogP contribution < -0.4 is 4.90 Å². The van der Waals surface area contributed by atoms with Crippen LogP contribution in [-0.2, 0) is 0 Å². The maximum Gasteiger partial charge on any atom is 0.270 e. The van der Waals surface area contributed by atoms with Crippen molar-refractivity contribution < 1.29 is 4.79 Å². The first-order chi connectivity index (χ1) is 11.0. The first-order valence-corrected chi connectivity index (χ1v) is 9.13. The Bertz CT molecular complexity index is 794. The van der Waals surface area contributed by atoms with E-state index in [9.17, 15) is 4.79 Å². The molecule has 7 heteroatoms. The number of likely N-dealkylation sites (N-methyl/N-ethyl adjacent to an activating group) is 1. The highest BCUT2D eigenvalue weighted by Crippen LogP contribution is 2.31. The standard InChI is InChI=1S/C16H16ClN3OS2/c1-19(2)9-10-20(15(21)13-7-8-14(17)22-13)16-18-11-5-3-4-6-12(11)23-16/h3-8H,9-10H2,1-2H3. The van der Waals surface area contributed by atoms with Crippen molar-refractivity contribution in [1.82, 2.24) is 9.88 Å². The van der Waals surface area contributed by atoms with E-state index in [0.717, 1.165) is 21.9 Å². The number of nitrogens with zero attached hydrogens (tertiary/aromatic N) is 3. The van der Waals surface area contributed by atoms with E-state index in [2.05, 4.69) is 9.88 Å². The lowest BCUT2D eigenvalue weighted by Gasteiger charge is -2.21. The number of thiophene rings is 1. The molecule has 0 radical (unpaired) electrons. The normalized spacial score (nSPS) is 11.3. The quantitative estimate of drug-likeness (QED) is 0.679. The third-order valence-corrected chi connectivity index (χ3v) is 5.59. The number of carbonyl (C=O) groups is 1. The molecule has 1 amide bonds. The van der Waals surface area contributed by atoms with Crippen molar-refractivity contribution in [1.29, 1.82) is 0 Å². The second-order valence-corrected chi connectivity index (χ2v) is 8.05. The third-order valence-electron chi connectivity index (χ3n) is 3.31. The topological polar surface area (TPSA) is 36.4 Å². The maximum atomic E-state index is 12.9. The van der Waals surface area contributed by atoms with E-state index in [4.69, 9.17) is 11.6 Å². The molecule has 0 N–H and O–H groups in total. The van der Waals surface area contributed by atoms with Crippen molar-refractivity contribution in [2.24, 2.45) is 0 Å². The molecular weight excluding hydrogens is 350 g/mol. The van der Waals surface area contributed by atoms with E-state index in [1.807, 2.05) is 38.4 Å². The van der Waals surface area contributed by atoms with E-state index < -0.39 is 0 Å². The van der Waals surface area contributed by atoms with Crippen molar-refractivity contribution in [3.8, 4) is 0 Å². The average Bonchev–Trinajstić information content (AvgIpc) is 3.12. The Morgan fingerprint density at radius 3 is 2.57 bits per heavy atom. The van der Waals surface area contributed by atoms with Crippen LogP contribution in [0, 0.1) is 0 Å². The molecule has 1 aromatic carbocycles. The zero-order chi connectivity index (χ0) is 16.4. The smallest absolute Gasteiger partial charge is 0.270 e. The second-order valence-electron chi connectivity index (χ2n) is 5.33. The summed E-state index contributed by atoms with van der Waals surface area (Å²) in [7, 11) is 3.98. The number of benzene rings is 1. The molecule has 3 aromatic rings. The molecule has 120 valence electrons. The molecular formula is C16H16ClN3OS2. The van der Waals surface area contributed by atoms with Crippen molar-refractivity contribution in [3.63, 3.8) is 0 Å². The Hall–Kier alpha value is -1.47. The Balaban J connectivity index is 1.95. The fraction of sp³-hybridized carbons (Fsp3) is 0.250. The summed E-state index contributed by atoms with van der Waals surface area (Å²) >= 11 is 8.80. The summed E-state index contributed by atoms with van der Waals surface area (Å²) < 4.78 is 1.69. The molecule has 0 fully saturated rings. The molecule has 0 spiro atoms. The first kappa shape index (κ1) is 16.4. The summed E-state index contributed by atoms with van der Waals surface area (Å²) in [6.07, 6.45) is 0. The minimum atomic E-state index is -0.0530. The van der Waals surface area contributed by atoms with Crippen LogP contribution in [0.5, 0.6) is 0 Å². The van der Waals surface area contributed by atoms with E-state index in [-0.39, 0.29) is 5.91 Å².